The highest BCUT2D eigenvalue weighted by Crippen LogP contribution is 2.27. The average molecular weight is 353 g/mol. The maximum absolute atomic E-state index is 3.57. The van der Waals surface area contributed by atoms with Crippen LogP contribution >= 0.6 is 15.9 Å². The molecule has 3 aromatic rings. The number of anilines is 4. The zero-order valence-corrected chi connectivity index (χ0v) is 13.7. The molecule has 0 bridgehead atoms. The summed E-state index contributed by atoms with van der Waals surface area (Å²) in [6.45, 7) is 0. The Morgan fingerprint density at radius 1 is 0.636 bits per heavy atom. The van der Waals surface area contributed by atoms with Crippen LogP contribution in [0.3, 0.4) is 0 Å². The van der Waals surface area contributed by atoms with Crippen molar-refractivity contribution >= 4 is 38.7 Å². The maximum Gasteiger partial charge on any atom is 0.0426 e. The highest BCUT2D eigenvalue weighted by atomic mass is 79.9. The minimum Gasteiger partial charge on any atom is -0.356 e. The molecule has 0 amide bonds. The Morgan fingerprint density at radius 3 is 1.82 bits per heavy atom. The fourth-order valence-electron chi connectivity index (χ4n) is 2.27. The summed E-state index contributed by atoms with van der Waals surface area (Å²) in [6, 6.07) is 26.7. The minimum atomic E-state index is 0.798. The van der Waals surface area contributed by atoms with Crippen molar-refractivity contribution in [2.45, 2.75) is 5.33 Å². The molecule has 3 aromatic carbocycles. The number of alkyl halides is 1. The van der Waals surface area contributed by atoms with E-state index in [1.807, 2.05) is 36.4 Å². The molecule has 3 rings (SSSR count). The van der Waals surface area contributed by atoms with Crippen molar-refractivity contribution in [1.29, 1.82) is 0 Å². The Bertz CT molecular complexity index is 727. The second kappa shape index (κ2) is 7.14. The smallest absolute Gasteiger partial charge is 0.0426 e. The van der Waals surface area contributed by atoms with Crippen LogP contribution in [0.25, 0.3) is 0 Å². The summed E-state index contributed by atoms with van der Waals surface area (Å²) in [5, 5.41) is 7.68. The first kappa shape index (κ1) is 14.7. The molecule has 0 saturated heterocycles. The van der Waals surface area contributed by atoms with Gasteiger partial charge in [-0.25, -0.2) is 0 Å². The standard InChI is InChI=1S/C19H17BrN2/c20-14-15-13-18(21-16-7-3-1-4-8-16)11-12-19(15)22-17-9-5-2-6-10-17/h1-13,21-22H,14H2. The van der Waals surface area contributed by atoms with Gasteiger partial charge in [0.15, 0.2) is 0 Å². The minimum absolute atomic E-state index is 0.798. The topological polar surface area (TPSA) is 24.1 Å². The molecule has 0 spiro atoms. The van der Waals surface area contributed by atoms with Gasteiger partial charge in [-0.15, -0.1) is 0 Å². The number of halogens is 1. The van der Waals surface area contributed by atoms with Crippen molar-refractivity contribution in [3.8, 4) is 0 Å². The molecule has 2 N–H and O–H groups in total. The maximum atomic E-state index is 3.57. The number of para-hydroxylation sites is 2. The molecule has 0 unspecified atom stereocenters. The number of rotatable bonds is 5. The van der Waals surface area contributed by atoms with E-state index >= 15 is 0 Å². The summed E-state index contributed by atoms with van der Waals surface area (Å²) in [4.78, 5) is 0. The molecule has 110 valence electrons. The fraction of sp³-hybridized carbons (Fsp3) is 0.0526. The van der Waals surface area contributed by atoms with Gasteiger partial charge in [0.2, 0.25) is 0 Å². The van der Waals surface area contributed by atoms with Crippen LogP contribution in [0.1, 0.15) is 5.56 Å². The molecular weight excluding hydrogens is 336 g/mol. The summed E-state index contributed by atoms with van der Waals surface area (Å²) in [5.41, 5.74) is 5.59. The normalized spacial score (nSPS) is 10.2. The van der Waals surface area contributed by atoms with E-state index in [-0.39, 0.29) is 0 Å². The van der Waals surface area contributed by atoms with Gasteiger partial charge in [0, 0.05) is 28.1 Å². The summed E-state index contributed by atoms with van der Waals surface area (Å²) < 4.78 is 0. The van der Waals surface area contributed by atoms with Gasteiger partial charge in [-0.3, -0.25) is 0 Å². The molecule has 0 radical (unpaired) electrons. The number of hydrogen-bond acceptors (Lipinski definition) is 2. The Hall–Kier alpha value is -2.26. The van der Waals surface area contributed by atoms with E-state index in [1.54, 1.807) is 0 Å². The number of nitrogens with one attached hydrogen (secondary N) is 2. The number of hydrogen-bond donors (Lipinski definition) is 2. The average Bonchev–Trinajstić information content (AvgIpc) is 2.58. The van der Waals surface area contributed by atoms with Gasteiger partial charge in [-0.2, -0.15) is 0 Å². The van der Waals surface area contributed by atoms with Crippen LogP contribution in [0.15, 0.2) is 78.9 Å². The first-order chi connectivity index (χ1) is 10.8. The van der Waals surface area contributed by atoms with Gasteiger partial charge in [-0.1, -0.05) is 52.3 Å². The third kappa shape index (κ3) is 3.68. The van der Waals surface area contributed by atoms with Crippen LogP contribution in [-0.2, 0) is 5.33 Å². The van der Waals surface area contributed by atoms with Gasteiger partial charge < -0.3 is 10.6 Å². The second-order valence-corrected chi connectivity index (χ2v) is 5.55. The summed E-state index contributed by atoms with van der Waals surface area (Å²) in [6.07, 6.45) is 0. The monoisotopic (exact) mass is 352 g/mol. The predicted molar refractivity (Wildman–Crippen MR) is 98.5 cm³/mol. The van der Waals surface area contributed by atoms with E-state index in [9.17, 15) is 0 Å². The molecule has 0 aliphatic carbocycles. The van der Waals surface area contributed by atoms with Crippen LogP contribution in [-0.4, -0.2) is 0 Å². The van der Waals surface area contributed by atoms with Gasteiger partial charge in [0.05, 0.1) is 0 Å². The Kier molecular flexibility index (Phi) is 4.76. The lowest BCUT2D eigenvalue weighted by Crippen LogP contribution is -1.97. The van der Waals surface area contributed by atoms with Gasteiger partial charge in [-0.05, 0) is 48.0 Å². The van der Waals surface area contributed by atoms with Crippen LogP contribution in [0.5, 0.6) is 0 Å². The van der Waals surface area contributed by atoms with Crippen molar-refractivity contribution in [3.05, 3.63) is 84.4 Å². The third-order valence-electron chi connectivity index (χ3n) is 3.36. The molecule has 0 aromatic heterocycles. The van der Waals surface area contributed by atoms with Crippen LogP contribution in [0, 0.1) is 0 Å². The van der Waals surface area contributed by atoms with Crippen molar-refractivity contribution < 1.29 is 0 Å². The molecule has 2 nitrogen and oxygen atoms in total. The zero-order chi connectivity index (χ0) is 15.2. The van der Waals surface area contributed by atoms with E-state index < -0.39 is 0 Å². The molecule has 0 heterocycles. The fourth-order valence-corrected chi connectivity index (χ4v) is 2.73. The Morgan fingerprint density at radius 2 is 1.23 bits per heavy atom. The lowest BCUT2D eigenvalue weighted by atomic mass is 10.1. The largest absolute Gasteiger partial charge is 0.356 e. The first-order valence-electron chi connectivity index (χ1n) is 7.18. The highest BCUT2D eigenvalue weighted by molar-refractivity contribution is 9.08. The molecule has 0 aliphatic heterocycles. The quantitative estimate of drug-likeness (QED) is 0.544. The first-order valence-corrected chi connectivity index (χ1v) is 8.30. The van der Waals surface area contributed by atoms with E-state index in [4.69, 9.17) is 0 Å². The molecular formula is C19H17BrN2. The summed E-state index contributed by atoms with van der Waals surface area (Å²) in [7, 11) is 0. The lowest BCUT2D eigenvalue weighted by Gasteiger charge is -2.13. The van der Waals surface area contributed by atoms with Crippen LogP contribution in [0.4, 0.5) is 22.7 Å². The third-order valence-corrected chi connectivity index (χ3v) is 3.97. The highest BCUT2D eigenvalue weighted by Gasteiger charge is 2.04. The van der Waals surface area contributed by atoms with Gasteiger partial charge in [0.1, 0.15) is 0 Å². The lowest BCUT2D eigenvalue weighted by molar-refractivity contribution is 1.40. The molecule has 3 heteroatoms. The Balaban J connectivity index is 1.81. The zero-order valence-electron chi connectivity index (χ0n) is 12.1. The van der Waals surface area contributed by atoms with Crippen molar-refractivity contribution in [3.63, 3.8) is 0 Å². The molecule has 0 saturated carbocycles. The molecule has 0 atom stereocenters. The van der Waals surface area contributed by atoms with E-state index in [2.05, 4.69) is 69.0 Å². The van der Waals surface area contributed by atoms with Crippen molar-refractivity contribution in [2.75, 3.05) is 10.6 Å². The number of benzene rings is 3. The summed E-state index contributed by atoms with van der Waals surface area (Å²) in [5.74, 6) is 0. The molecule has 0 fully saturated rings. The van der Waals surface area contributed by atoms with Gasteiger partial charge >= 0.3 is 0 Å². The van der Waals surface area contributed by atoms with E-state index in [1.165, 1.54) is 5.56 Å². The predicted octanol–water partition coefficient (Wildman–Crippen LogP) is 6.07. The van der Waals surface area contributed by atoms with Crippen molar-refractivity contribution in [1.82, 2.24) is 0 Å². The summed E-state index contributed by atoms with van der Waals surface area (Å²) >= 11 is 3.57. The van der Waals surface area contributed by atoms with Crippen molar-refractivity contribution in [2.24, 2.45) is 0 Å². The molecule has 22 heavy (non-hydrogen) atoms. The van der Waals surface area contributed by atoms with Crippen LogP contribution < -0.4 is 10.6 Å². The Labute approximate surface area is 139 Å². The SMILES string of the molecule is BrCc1cc(Nc2ccccc2)ccc1Nc1ccccc1. The van der Waals surface area contributed by atoms with E-state index in [0.717, 1.165) is 28.1 Å². The van der Waals surface area contributed by atoms with Crippen LogP contribution in [0.2, 0.25) is 0 Å². The second-order valence-electron chi connectivity index (χ2n) is 4.99. The van der Waals surface area contributed by atoms with E-state index in [0.29, 0.717) is 0 Å². The van der Waals surface area contributed by atoms with Gasteiger partial charge in [0.25, 0.3) is 0 Å². The molecule has 0 aliphatic rings.